The molecule has 1 aliphatic carbocycles. The van der Waals surface area contributed by atoms with Gasteiger partial charge < -0.3 is 14.9 Å². The average molecular weight is 440 g/mol. The van der Waals surface area contributed by atoms with Crippen molar-refractivity contribution in [3.63, 3.8) is 0 Å². The van der Waals surface area contributed by atoms with Gasteiger partial charge in [-0.3, -0.25) is 9.69 Å². The monoisotopic (exact) mass is 439 g/mol. The van der Waals surface area contributed by atoms with Crippen molar-refractivity contribution in [2.75, 3.05) is 26.2 Å². The summed E-state index contributed by atoms with van der Waals surface area (Å²) in [6.45, 7) is 2.89. The molecule has 3 unspecified atom stereocenters. The minimum absolute atomic E-state index is 0.0366. The lowest BCUT2D eigenvalue weighted by Crippen LogP contribution is -2.69. The number of likely N-dealkylation sites (tertiary alicyclic amines) is 1. The SMILES string of the molecule is O=C(O)N1CCN(C(=O)Cc2ccc(Cl)c(Cl)c2)C2C(N3CCCC3)CCCC21. The smallest absolute Gasteiger partial charge is 0.407 e. The Bertz CT molecular complexity index is 784. The summed E-state index contributed by atoms with van der Waals surface area (Å²) in [6, 6.07) is 5.31. The number of hydrogen-bond acceptors (Lipinski definition) is 3. The van der Waals surface area contributed by atoms with E-state index in [1.165, 1.54) is 12.8 Å². The number of fused-ring (bicyclic) bond motifs is 1. The number of carbonyl (C=O) groups is 2. The summed E-state index contributed by atoms with van der Waals surface area (Å²) in [6.07, 6.45) is 4.56. The fourth-order valence-corrected chi connectivity index (χ4v) is 5.67. The molecule has 29 heavy (non-hydrogen) atoms. The van der Waals surface area contributed by atoms with Gasteiger partial charge in [0.2, 0.25) is 5.91 Å². The zero-order valence-corrected chi connectivity index (χ0v) is 17.9. The molecule has 0 aromatic heterocycles. The Morgan fingerprint density at radius 3 is 2.31 bits per heavy atom. The molecule has 3 atom stereocenters. The zero-order chi connectivity index (χ0) is 20.5. The Balaban J connectivity index is 1.59. The van der Waals surface area contributed by atoms with E-state index in [1.807, 2.05) is 11.0 Å². The van der Waals surface area contributed by atoms with Crippen LogP contribution < -0.4 is 0 Å². The third-order valence-electron chi connectivity index (χ3n) is 6.65. The van der Waals surface area contributed by atoms with Crippen LogP contribution in [-0.2, 0) is 11.2 Å². The molecule has 2 amide bonds. The molecule has 2 aliphatic heterocycles. The van der Waals surface area contributed by atoms with Crippen LogP contribution in [0.15, 0.2) is 18.2 Å². The summed E-state index contributed by atoms with van der Waals surface area (Å²) in [7, 11) is 0. The van der Waals surface area contributed by atoms with Crippen LogP contribution in [-0.4, -0.2) is 76.1 Å². The number of carbonyl (C=O) groups excluding carboxylic acids is 1. The second-order valence-electron chi connectivity index (χ2n) is 8.29. The third-order valence-corrected chi connectivity index (χ3v) is 7.38. The molecule has 1 aromatic carbocycles. The van der Waals surface area contributed by atoms with Crippen molar-refractivity contribution in [3.8, 4) is 0 Å². The first-order valence-electron chi connectivity index (χ1n) is 10.4. The second kappa shape index (κ2) is 8.70. The van der Waals surface area contributed by atoms with E-state index in [1.54, 1.807) is 17.0 Å². The lowest BCUT2D eigenvalue weighted by molar-refractivity contribution is -0.141. The highest BCUT2D eigenvalue weighted by molar-refractivity contribution is 6.42. The quantitative estimate of drug-likeness (QED) is 0.778. The van der Waals surface area contributed by atoms with Crippen molar-refractivity contribution in [3.05, 3.63) is 33.8 Å². The van der Waals surface area contributed by atoms with Crippen molar-refractivity contribution < 1.29 is 14.7 Å². The minimum Gasteiger partial charge on any atom is -0.465 e. The maximum absolute atomic E-state index is 13.3. The van der Waals surface area contributed by atoms with Crippen LogP contribution in [0.4, 0.5) is 4.79 Å². The van der Waals surface area contributed by atoms with Gasteiger partial charge in [0, 0.05) is 19.1 Å². The summed E-state index contributed by atoms with van der Waals surface area (Å²) >= 11 is 12.1. The molecule has 3 aliphatic rings. The summed E-state index contributed by atoms with van der Waals surface area (Å²) in [5.74, 6) is 0.0366. The molecule has 2 saturated heterocycles. The summed E-state index contributed by atoms with van der Waals surface area (Å²) in [4.78, 5) is 31.2. The minimum atomic E-state index is -0.876. The van der Waals surface area contributed by atoms with Gasteiger partial charge >= 0.3 is 6.09 Å². The van der Waals surface area contributed by atoms with E-state index in [2.05, 4.69) is 4.90 Å². The van der Waals surface area contributed by atoms with Crippen LogP contribution in [0.5, 0.6) is 0 Å². The van der Waals surface area contributed by atoms with E-state index in [4.69, 9.17) is 23.2 Å². The molecule has 8 heteroatoms. The molecule has 4 rings (SSSR count). The van der Waals surface area contributed by atoms with Crippen LogP contribution in [0.3, 0.4) is 0 Å². The number of amides is 2. The third kappa shape index (κ3) is 4.21. The van der Waals surface area contributed by atoms with Crippen molar-refractivity contribution in [2.24, 2.45) is 0 Å². The van der Waals surface area contributed by atoms with Gasteiger partial charge in [0.1, 0.15) is 0 Å². The number of piperazine rings is 1. The van der Waals surface area contributed by atoms with Gasteiger partial charge in [0.15, 0.2) is 0 Å². The lowest BCUT2D eigenvalue weighted by atomic mass is 9.81. The van der Waals surface area contributed by atoms with Crippen molar-refractivity contribution in [2.45, 2.75) is 56.7 Å². The number of rotatable bonds is 3. The highest BCUT2D eigenvalue weighted by Crippen LogP contribution is 2.35. The molecule has 0 bridgehead atoms. The molecular weight excluding hydrogens is 413 g/mol. The van der Waals surface area contributed by atoms with Crippen LogP contribution in [0.25, 0.3) is 0 Å². The van der Waals surface area contributed by atoms with Crippen molar-refractivity contribution >= 4 is 35.2 Å². The van der Waals surface area contributed by atoms with Crippen LogP contribution >= 0.6 is 23.2 Å². The molecule has 1 N–H and O–H groups in total. The van der Waals surface area contributed by atoms with Gasteiger partial charge in [0.25, 0.3) is 0 Å². The van der Waals surface area contributed by atoms with Gasteiger partial charge in [0.05, 0.1) is 28.5 Å². The Morgan fingerprint density at radius 1 is 0.931 bits per heavy atom. The highest BCUT2D eigenvalue weighted by atomic mass is 35.5. The molecule has 6 nitrogen and oxygen atoms in total. The summed E-state index contributed by atoms with van der Waals surface area (Å²) in [5, 5.41) is 10.6. The van der Waals surface area contributed by atoms with E-state index in [0.717, 1.165) is 37.9 Å². The zero-order valence-electron chi connectivity index (χ0n) is 16.4. The van der Waals surface area contributed by atoms with E-state index in [9.17, 15) is 14.7 Å². The topological polar surface area (TPSA) is 64.1 Å². The predicted octanol–water partition coefficient (Wildman–Crippen LogP) is 3.74. The molecule has 1 aromatic rings. The average Bonchev–Trinajstić information content (AvgIpc) is 3.24. The maximum Gasteiger partial charge on any atom is 0.407 e. The van der Waals surface area contributed by atoms with Crippen LogP contribution in [0.1, 0.15) is 37.7 Å². The van der Waals surface area contributed by atoms with Gasteiger partial charge in [-0.25, -0.2) is 4.79 Å². The van der Waals surface area contributed by atoms with Crippen LogP contribution in [0, 0.1) is 0 Å². The fraction of sp³-hybridized carbons (Fsp3) is 0.619. The molecule has 158 valence electrons. The first-order chi connectivity index (χ1) is 14.0. The maximum atomic E-state index is 13.3. The van der Waals surface area contributed by atoms with Crippen molar-refractivity contribution in [1.29, 1.82) is 0 Å². The molecular formula is C21H27Cl2N3O3. The van der Waals surface area contributed by atoms with E-state index < -0.39 is 6.09 Å². The molecule has 0 radical (unpaired) electrons. The standard InChI is InChI=1S/C21H27Cl2N3O3/c22-15-7-6-14(12-16(15)23)13-19(27)26-11-10-25(21(28)29)18-5-3-4-17(20(18)26)24-8-1-2-9-24/h6-7,12,17-18,20H,1-5,8-11,13H2,(H,28,29). The van der Waals surface area contributed by atoms with E-state index in [-0.39, 0.29) is 30.5 Å². The summed E-state index contributed by atoms with van der Waals surface area (Å²) < 4.78 is 0. The van der Waals surface area contributed by atoms with Gasteiger partial charge in [-0.15, -0.1) is 0 Å². The largest absolute Gasteiger partial charge is 0.465 e. The number of nitrogens with zero attached hydrogens (tertiary/aromatic N) is 3. The Hall–Kier alpha value is -1.50. The van der Waals surface area contributed by atoms with E-state index >= 15 is 0 Å². The second-order valence-corrected chi connectivity index (χ2v) is 9.10. The predicted molar refractivity (Wildman–Crippen MR) is 113 cm³/mol. The first-order valence-corrected chi connectivity index (χ1v) is 11.2. The molecule has 1 saturated carbocycles. The number of carboxylic acid groups (broad SMARTS) is 1. The van der Waals surface area contributed by atoms with Gasteiger partial charge in [-0.2, -0.15) is 0 Å². The number of benzene rings is 1. The highest BCUT2D eigenvalue weighted by Gasteiger charge is 2.48. The van der Waals surface area contributed by atoms with E-state index in [0.29, 0.717) is 23.1 Å². The van der Waals surface area contributed by atoms with Gasteiger partial charge in [-0.05, 0) is 62.9 Å². The first kappa shape index (κ1) is 20.8. The van der Waals surface area contributed by atoms with Gasteiger partial charge in [-0.1, -0.05) is 29.3 Å². The lowest BCUT2D eigenvalue weighted by Gasteiger charge is -2.54. The Labute approximate surface area is 181 Å². The Kier molecular flexibility index (Phi) is 6.23. The Morgan fingerprint density at radius 2 is 1.62 bits per heavy atom. The van der Waals surface area contributed by atoms with Crippen LogP contribution in [0.2, 0.25) is 10.0 Å². The summed E-state index contributed by atoms with van der Waals surface area (Å²) in [5.41, 5.74) is 0.829. The fourth-order valence-electron chi connectivity index (χ4n) is 5.35. The molecule has 0 spiro atoms. The normalized spacial score (nSPS) is 27.7. The number of halogens is 2. The number of hydrogen-bond donors (Lipinski definition) is 1. The molecule has 2 heterocycles. The molecule has 3 fully saturated rings. The van der Waals surface area contributed by atoms with Crippen molar-refractivity contribution in [1.82, 2.24) is 14.7 Å².